The van der Waals surface area contributed by atoms with Crippen molar-refractivity contribution in [3.63, 3.8) is 0 Å². The van der Waals surface area contributed by atoms with E-state index in [1.807, 2.05) is 54.6 Å². The van der Waals surface area contributed by atoms with E-state index in [0.29, 0.717) is 17.9 Å². The van der Waals surface area contributed by atoms with Crippen LogP contribution in [-0.4, -0.2) is 12.0 Å². The molecule has 0 bridgehead atoms. The molecule has 0 aromatic heterocycles. The van der Waals surface area contributed by atoms with E-state index in [1.54, 1.807) is 13.2 Å². The summed E-state index contributed by atoms with van der Waals surface area (Å²) in [4.78, 5) is 10.6. The number of non-ortho nitro benzene ring substituents is 1. The summed E-state index contributed by atoms with van der Waals surface area (Å²) >= 11 is 0. The van der Waals surface area contributed by atoms with Crippen molar-refractivity contribution in [3.8, 4) is 17.6 Å². The third-order valence-corrected chi connectivity index (χ3v) is 3.95. The normalized spacial score (nSPS) is 9.81. The van der Waals surface area contributed by atoms with Crippen LogP contribution in [0.15, 0.2) is 72.8 Å². The number of nitro benzene ring substituents is 1. The molecule has 0 fully saturated rings. The number of hydrogen-bond acceptors (Lipinski definition) is 4. The molecule has 3 aromatic rings. The van der Waals surface area contributed by atoms with Crippen molar-refractivity contribution in [1.29, 1.82) is 0 Å². The van der Waals surface area contributed by atoms with Gasteiger partial charge in [-0.2, -0.15) is 0 Å². The van der Waals surface area contributed by atoms with Gasteiger partial charge < -0.3 is 10.1 Å². The van der Waals surface area contributed by atoms with Crippen LogP contribution in [0.2, 0.25) is 0 Å². The molecule has 134 valence electrons. The molecular formula is C22H18N2O3. The molecule has 5 nitrogen and oxygen atoms in total. The summed E-state index contributed by atoms with van der Waals surface area (Å²) < 4.78 is 5.29. The van der Waals surface area contributed by atoms with Crippen LogP contribution < -0.4 is 10.1 Å². The maximum atomic E-state index is 11.0. The van der Waals surface area contributed by atoms with E-state index in [1.165, 1.54) is 12.1 Å². The predicted molar refractivity (Wildman–Crippen MR) is 106 cm³/mol. The Morgan fingerprint density at radius 2 is 1.70 bits per heavy atom. The summed E-state index contributed by atoms with van der Waals surface area (Å²) in [5.74, 6) is 6.87. The van der Waals surface area contributed by atoms with Crippen molar-refractivity contribution in [1.82, 2.24) is 0 Å². The molecule has 0 radical (unpaired) electrons. The minimum absolute atomic E-state index is 0.0371. The molecule has 0 heterocycles. The maximum absolute atomic E-state index is 11.0. The number of rotatable bonds is 5. The lowest BCUT2D eigenvalue weighted by molar-refractivity contribution is -0.384. The number of nitrogens with one attached hydrogen (secondary N) is 1. The molecule has 3 rings (SSSR count). The molecule has 0 unspecified atom stereocenters. The smallest absolute Gasteiger partial charge is 0.270 e. The summed E-state index contributed by atoms with van der Waals surface area (Å²) in [7, 11) is 1.55. The van der Waals surface area contributed by atoms with Gasteiger partial charge in [0.2, 0.25) is 0 Å². The molecule has 0 atom stereocenters. The van der Waals surface area contributed by atoms with Crippen LogP contribution in [0.25, 0.3) is 0 Å². The van der Waals surface area contributed by atoms with Crippen LogP contribution in [0.3, 0.4) is 0 Å². The van der Waals surface area contributed by atoms with Crippen molar-refractivity contribution in [2.75, 3.05) is 12.4 Å². The third-order valence-electron chi connectivity index (χ3n) is 3.95. The monoisotopic (exact) mass is 358 g/mol. The Hall–Kier alpha value is -3.78. The van der Waals surface area contributed by atoms with Gasteiger partial charge in [0.15, 0.2) is 0 Å². The van der Waals surface area contributed by atoms with Gasteiger partial charge >= 0.3 is 0 Å². The lowest BCUT2D eigenvalue weighted by Gasteiger charge is -2.11. The molecule has 0 aliphatic rings. The first-order valence-electron chi connectivity index (χ1n) is 8.38. The van der Waals surface area contributed by atoms with Gasteiger partial charge in [0, 0.05) is 41.1 Å². The Balaban J connectivity index is 1.75. The fraction of sp³-hybridized carbons (Fsp3) is 0.0909. The highest BCUT2D eigenvalue weighted by molar-refractivity contribution is 5.53. The first-order valence-corrected chi connectivity index (χ1v) is 8.38. The minimum Gasteiger partial charge on any atom is -0.496 e. The SMILES string of the molecule is COc1ccc([N+](=O)[O-])cc1CNc1cccc(C#Cc2ccccc2)c1. The molecule has 1 N–H and O–H groups in total. The summed E-state index contributed by atoms with van der Waals surface area (Å²) in [6.45, 7) is 0.403. The Morgan fingerprint density at radius 3 is 2.44 bits per heavy atom. The van der Waals surface area contributed by atoms with Crippen LogP contribution in [0.4, 0.5) is 11.4 Å². The first kappa shape index (κ1) is 18.0. The molecule has 0 spiro atoms. The third kappa shape index (κ3) is 4.86. The van der Waals surface area contributed by atoms with Gasteiger partial charge in [-0.25, -0.2) is 0 Å². The number of nitrogens with zero attached hydrogens (tertiary/aromatic N) is 1. The van der Waals surface area contributed by atoms with E-state index in [-0.39, 0.29) is 5.69 Å². The zero-order valence-electron chi connectivity index (χ0n) is 14.8. The second-order valence-electron chi connectivity index (χ2n) is 5.80. The van der Waals surface area contributed by atoms with Gasteiger partial charge in [-0.1, -0.05) is 36.1 Å². The van der Waals surface area contributed by atoms with Gasteiger partial charge in [0.25, 0.3) is 5.69 Å². The molecule has 0 amide bonds. The van der Waals surface area contributed by atoms with Gasteiger partial charge in [-0.15, -0.1) is 0 Å². The Kier molecular flexibility index (Phi) is 5.70. The summed E-state index contributed by atoms with van der Waals surface area (Å²) in [5.41, 5.74) is 3.47. The minimum atomic E-state index is -0.414. The van der Waals surface area contributed by atoms with Crippen molar-refractivity contribution in [2.24, 2.45) is 0 Å². The summed E-state index contributed by atoms with van der Waals surface area (Å²) in [5, 5.41) is 14.3. The van der Waals surface area contributed by atoms with Gasteiger partial charge in [0.05, 0.1) is 12.0 Å². The summed E-state index contributed by atoms with van der Waals surface area (Å²) in [6, 6.07) is 22.1. The van der Waals surface area contributed by atoms with E-state index < -0.39 is 4.92 Å². The molecule has 0 aliphatic carbocycles. The summed E-state index contributed by atoms with van der Waals surface area (Å²) in [6.07, 6.45) is 0. The zero-order valence-corrected chi connectivity index (χ0v) is 14.8. The number of hydrogen-bond donors (Lipinski definition) is 1. The Labute approximate surface area is 157 Å². The highest BCUT2D eigenvalue weighted by Crippen LogP contribution is 2.25. The number of nitro groups is 1. The van der Waals surface area contributed by atoms with E-state index in [4.69, 9.17) is 4.74 Å². The van der Waals surface area contributed by atoms with Gasteiger partial charge in [-0.05, 0) is 36.4 Å². The van der Waals surface area contributed by atoms with Crippen molar-refractivity contribution >= 4 is 11.4 Å². The highest BCUT2D eigenvalue weighted by Gasteiger charge is 2.11. The molecule has 27 heavy (non-hydrogen) atoms. The Bertz CT molecular complexity index is 1000. The van der Waals surface area contributed by atoms with Gasteiger partial charge in [-0.3, -0.25) is 10.1 Å². The zero-order chi connectivity index (χ0) is 19.1. The van der Waals surface area contributed by atoms with E-state index in [9.17, 15) is 10.1 Å². The molecule has 0 saturated carbocycles. The second kappa shape index (κ2) is 8.54. The predicted octanol–water partition coefficient (Wildman–Crippen LogP) is 4.62. The quantitative estimate of drug-likeness (QED) is 0.411. The lowest BCUT2D eigenvalue weighted by atomic mass is 10.1. The average Bonchev–Trinajstić information content (AvgIpc) is 2.71. The molecule has 0 saturated heterocycles. The number of anilines is 1. The van der Waals surface area contributed by atoms with Crippen molar-refractivity contribution in [3.05, 3.63) is 99.6 Å². The fourth-order valence-electron chi connectivity index (χ4n) is 2.59. The van der Waals surface area contributed by atoms with E-state index >= 15 is 0 Å². The van der Waals surface area contributed by atoms with Crippen molar-refractivity contribution in [2.45, 2.75) is 6.54 Å². The standard InChI is InChI=1S/C22H18N2O3/c1-27-22-13-12-21(24(25)26)15-19(22)16-23-20-9-5-8-18(14-20)11-10-17-6-3-2-4-7-17/h2-9,12-15,23H,16H2,1H3. The highest BCUT2D eigenvalue weighted by atomic mass is 16.6. The fourth-order valence-corrected chi connectivity index (χ4v) is 2.59. The molecule has 3 aromatic carbocycles. The van der Waals surface area contributed by atoms with Crippen LogP contribution >= 0.6 is 0 Å². The molecular weight excluding hydrogens is 340 g/mol. The van der Waals surface area contributed by atoms with Crippen LogP contribution in [0.5, 0.6) is 5.75 Å². The van der Waals surface area contributed by atoms with E-state index in [2.05, 4.69) is 17.2 Å². The number of methoxy groups -OCH3 is 1. The maximum Gasteiger partial charge on any atom is 0.270 e. The van der Waals surface area contributed by atoms with E-state index in [0.717, 1.165) is 16.8 Å². The lowest BCUT2D eigenvalue weighted by Crippen LogP contribution is -2.03. The average molecular weight is 358 g/mol. The number of ether oxygens (including phenoxy) is 1. The van der Waals surface area contributed by atoms with Crippen LogP contribution in [-0.2, 0) is 6.54 Å². The molecule has 0 aliphatic heterocycles. The molecule has 5 heteroatoms. The topological polar surface area (TPSA) is 64.4 Å². The second-order valence-corrected chi connectivity index (χ2v) is 5.80. The van der Waals surface area contributed by atoms with Crippen LogP contribution in [0.1, 0.15) is 16.7 Å². The van der Waals surface area contributed by atoms with Crippen LogP contribution in [0, 0.1) is 22.0 Å². The number of benzene rings is 3. The largest absolute Gasteiger partial charge is 0.496 e. The van der Waals surface area contributed by atoms with Gasteiger partial charge in [0.1, 0.15) is 5.75 Å². The van der Waals surface area contributed by atoms with Crippen molar-refractivity contribution < 1.29 is 9.66 Å². The first-order chi connectivity index (χ1) is 13.2. The Morgan fingerprint density at radius 1 is 0.963 bits per heavy atom.